The summed E-state index contributed by atoms with van der Waals surface area (Å²) in [7, 11) is 0. The number of aliphatic hydroxyl groups excluding tert-OH is 1. The normalized spacial score (nSPS) is 12.2. The van der Waals surface area contributed by atoms with Gasteiger partial charge in [-0.1, -0.05) is 41.9 Å². The predicted molar refractivity (Wildman–Crippen MR) is 74.6 cm³/mol. The highest BCUT2D eigenvalue weighted by Gasteiger charge is 2.10. The lowest BCUT2D eigenvalue weighted by atomic mass is 10.1. The third-order valence-corrected chi connectivity index (χ3v) is 3.66. The van der Waals surface area contributed by atoms with Crippen LogP contribution in [-0.2, 0) is 0 Å². The second kappa shape index (κ2) is 6.13. The molecule has 18 heavy (non-hydrogen) atoms. The van der Waals surface area contributed by atoms with Gasteiger partial charge in [0.05, 0.1) is 10.6 Å². The van der Waals surface area contributed by atoms with Gasteiger partial charge in [0.25, 0.3) is 0 Å². The Labute approximate surface area is 118 Å². The first kappa shape index (κ1) is 13.3. The van der Waals surface area contributed by atoms with Gasteiger partial charge >= 0.3 is 0 Å². The van der Waals surface area contributed by atoms with Gasteiger partial charge in [0.1, 0.15) is 17.3 Å². The molecule has 1 atom stereocenters. The minimum absolute atomic E-state index is 0.335. The zero-order valence-electron chi connectivity index (χ0n) is 9.35. The summed E-state index contributed by atoms with van der Waals surface area (Å²) in [5.41, 5.74) is 0.848. The van der Waals surface area contributed by atoms with Crippen molar-refractivity contribution in [2.45, 2.75) is 6.10 Å². The van der Waals surface area contributed by atoms with Crippen LogP contribution >= 0.6 is 27.5 Å². The number of hydrogen-bond acceptors (Lipinski definition) is 4. The summed E-state index contributed by atoms with van der Waals surface area (Å²) in [4.78, 5) is 7.87. The minimum atomic E-state index is -0.605. The number of hydrogen-bond donors (Lipinski definition) is 2. The van der Waals surface area contributed by atoms with Gasteiger partial charge in [0, 0.05) is 6.54 Å². The highest BCUT2D eigenvalue weighted by molar-refractivity contribution is 9.10. The summed E-state index contributed by atoms with van der Waals surface area (Å²) in [5.74, 6) is 0.560. The third-order valence-electron chi connectivity index (χ3n) is 2.39. The summed E-state index contributed by atoms with van der Waals surface area (Å²) in [6.07, 6.45) is 0.761. The topological polar surface area (TPSA) is 58.0 Å². The molecule has 1 aromatic heterocycles. The van der Waals surface area contributed by atoms with Crippen molar-refractivity contribution >= 4 is 33.3 Å². The summed E-state index contributed by atoms with van der Waals surface area (Å²) in [6, 6.07) is 9.42. The molecule has 4 nitrogen and oxygen atoms in total. The van der Waals surface area contributed by atoms with Crippen LogP contribution in [0, 0.1) is 0 Å². The van der Waals surface area contributed by atoms with Crippen LogP contribution in [0.3, 0.4) is 0 Å². The maximum Gasteiger partial charge on any atom is 0.148 e. The lowest BCUT2D eigenvalue weighted by molar-refractivity contribution is 0.191. The monoisotopic (exact) mass is 327 g/mol. The Kier molecular flexibility index (Phi) is 4.52. The molecule has 0 spiro atoms. The van der Waals surface area contributed by atoms with Crippen molar-refractivity contribution in [3.63, 3.8) is 0 Å². The molecule has 0 aliphatic carbocycles. The van der Waals surface area contributed by atoms with Crippen molar-refractivity contribution < 1.29 is 5.11 Å². The van der Waals surface area contributed by atoms with Gasteiger partial charge in [-0.05, 0) is 21.5 Å². The Morgan fingerprint density at radius 3 is 2.72 bits per heavy atom. The second-order valence-electron chi connectivity index (χ2n) is 3.63. The summed E-state index contributed by atoms with van der Waals surface area (Å²) >= 11 is 9.13. The van der Waals surface area contributed by atoms with Crippen LogP contribution in [-0.4, -0.2) is 21.6 Å². The fraction of sp³-hybridized carbons (Fsp3) is 0.167. The van der Waals surface area contributed by atoms with Crippen molar-refractivity contribution in [1.82, 2.24) is 9.97 Å². The summed E-state index contributed by atoms with van der Waals surface area (Å²) in [5, 5.41) is 13.3. The van der Waals surface area contributed by atoms with Crippen LogP contribution in [0.5, 0.6) is 0 Å². The molecule has 94 valence electrons. The van der Waals surface area contributed by atoms with Gasteiger partial charge < -0.3 is 10.4 Å². The Morgan fingerprint density at radius 2 is 2.00 bits per heavy atom. The fourth-order valence-electron chi connectivity index (χ4n) is 1.46. The molecule has 0 aliphatic heterocycles. The molecule has 1 aromatic carbocycles. The number of aromatic nitrogens is 2. The number of nitrogens with zero attached hydrogens (tertiary/aromatic N) is 2. The number of anilines is 1. The predicted octanol–water partition coefficient (Wildman–Crippen LogP) is 3.04. The summed E-state index contributed by atoms with van der Waals surface area (Å²) in [6.45, 7) is 0.343. The van der Waals surface area contributed by atoms with Gasteiger partial charge in [0.15, 0.2) is 0 Å². The number of benzene rings is 1. The van der Waals surface area contributed by atoms with Crippen molar-refractivity contribution in [3.05, 3.63) is 51.8 Å². The van der Waals surface area contributed by atoms with E-state index in [2.05, 4.69) is 31.2 Å². The first-order valence-corrected chi connectivity index (χ1v) is 6.48. The van der Waals surface area contributed by atoms with E-state index in [1.54, 1.807) is 0 Å². The standard InChI is InChI=1S/C12H11BrClN3O/c13-10-11(14)16-7-17-12(10)15-6-9(18)8-4-2-1-3-5-8/h1-5,7,9,18H,6H2,(H,15,16,17). The van der Waals surface area contributed by atoms with Crippen molar-refractivity contribution in [2.75, 3.05) is 11.9 Å². The van der Waals surface area contributed by atoms with Crippen LogP contribution < -0.4 is 5.32 Å². The van der Waals surface area contributed by atoms with E-state index >= 15 is 0 Å². The van der Waals surface area contributed by atoms with E-state index in [4.69, 9.17) is 11.6 Å². The van der Waals surface area contributed by atoms with Crippen LogP contribution in [0.2, 0.25) is 5.15 Å². The van der Waals surface area contributed by atoms with E-state index in [9.17, 15) is 5.11 Å². The lowest BCUT2D eigenvalue weighted by Gasteiger charge is -2.13. The largest absolute Gasteiger partial charge is 0.387 e. The van der Waals surface area contributed by atoms with Gasteiger partial charge in [-0.3, -0.25) is 0 Å². The minimum Gasteiger partial charge on any atom is -0.387 e. The van der Waals surface area contributed by atoms with Crippen molar-refractivity contribution in [1.29, 1.82) is 0 Å². The first-order valence-electron chi connectivity index (χ1n) is 5.31. The fourth-order valence-corrected chi connectivity index (χ4v) is 1.94. The summed E-state index contributed by atoms with van der Waals surface area (Å²) < 4.78 is 0.590. The average Bonchev–Trinajstić information content (AvgIpc) is 2.41. The zero-order chi connectivity index (χ0) is 13.0. The molecule has 0 aliphatic rings. The Hall–Kier alpha value is -1.17. The highest BCUT2D eigenvalue weighted by atomic mass is 79.9. The highest BCUT2D eigenvalue weighted by Crippen LogP contribution is 2.26. The molecule has 6 heteroatoms. The Balaban J connectivity index is 2.02. The molecule has 0 saturated heterocycles. The molecule has 0 fully saturated rings. The molecule has 2 rings (SSSR count). The van der Waals surface area contributed by atoms with Crippen LogP contribution in [0.1, 0.15) is 11.7 Å². The molecular formula is C12H11BrClN3O. The van der Waals surface area contributed by atoms with Crippen molar-refractivity contribution in [3.8, 4) is 0 Å². The van der Waals surface area contributed by atoms with Gasteiger partial charge in [-0.15, -0.1) is 0 Å². The lowest BCUT2D eigenvalue weighted by Crippen LogP contribution is -2.13. The van der Waals surface area contributed by atoms with Crippen LogP contribution in [0.15, 0.2) is 41.1 Å². The van der Waals surface area contributed by atoms with Crippen LogP contribution in [0.4, 0.5) is 5.82 Å². The van der Waals surface area contributed by atoms with E-state index in [1.165, 1.54) is 6.33 Å². The van der Waals surface area contributed by atoms with Crippen LogP contribution in [0.25, 0.3) is 0 Å². The van der Waals surface area contributed by atoms with E-state index in [0.29, 0.717) is 22.0 Å². The molecule has 0 saturated carbocycles. The average molecular weight is 329 g/mol. The second-order valence-corrected chi connectivity index (χ2v) is 4.79. The number of nitrogens with one attached hydrogen (secondary N) is 1. The molecule has 0 bridgehead atoms. The maximum absolute atomic E-state index is 9.99. The van der Waals surface area contributed by atoms with Crippen molar-refractivity contribution in [2.24, 2.45) is 0 Å². The maximum atomic E-state index is 9.99. The van der Waals surface area contributed by atoms with Gasteiger partial charge in [-0.2, -0.15) is 0 Å². The van der Waals surface area contributed by atoms with E-state index in [0.717, 1.165) is 5.56 Å². The van der Waals surface area contributed by atoms with Gasteiger partial charge in [-0.25, -0.2) is 9.97 Å². The molecule has 2 aromatic rings. The number of aliphatic hydroxyl groups is 1. The van der Waals surface area contributed by atoms with E-state index in [1.807, 2.05) is 30.3 Å². The van der Waals surface area contributed by atoms with E-state index < -0.39 is 6.10 Å². The third kappa shape index (κ3) is 3.19. The smallest absolute Gasteiger partial charge is 0.148 e. The Bertz CT molecular complexity index is 524. The van der Waals surface area contributed by atoms with Gasteiger partial charge in [0.2, 0.25) is 0 Å². The van der Waals surface area contributed by atoms with E-state index in [-0.39, 0.29) is 0 Å². The SMILES string of the molecule is OC(CNc1ncnc(Cl)c1Br)c1ccccc1. The molecular weight excluding hydrogens is 318 g/mol. The zero-order valence-corrected chi connectivity index (χ0v) is 11.7. The molecule has 0 radical (unpaired) electrons. The first-order chi connectivity index (χ1) is 8.68. The molecule has 1 unspecified atom stereocenters. The Morgan fingerprint density at radius 1 is 1.28 bits per heavy atom. The molecule has 2 N–H and O–H groups in total. The molecule has 1 heterocycles. The number of halogens is 2. The number of rotatable bonds is 4. The quantitative estimate of drug-likeness (QED) is 0.847. The molecule has 0 amide bonds.